The van der Waals surface area contributed by atoms with E-state index in [9.17, 15) is 4.79 Å². The van der Waals surface area contributed by atoms with Crippen LogP contribution in [0, 0.1) is 0 Å². The van der Waals surface area contributed by atoms with E-state index in [0.29, 0.717) is 5.57 Å². The number of carbonyl (C=O) groups is 1. The largest absolute Gasteiger partial charge is 0.366 e. The lowest BCUT2D eigenvalue weighted by atomic mass is 10.2. The maximum Gasteiger partial charge on any atom is 0.244 e. The summed E-state index contributed by atoms with van der Waals surface area (Å²) in [7, 11) is 1.99. The van der Waals surface area contributed by atoms with Gasteiger partial charge >= 0.3 is 0 Å². The highest BCUT2D eigenvalue weighted by Gasteiger charge is 1.96. The number of nitrogens with two attached hydrogens (primary N) is 1. The van der Waals surface area contributed by atoms with Crippen LogP contribution in [0.4, 0.5) is 0 Å². The third-order valence-electron chi connectivity index (χ3n) is 1.64. The Bertz CT molecular complexity index is 163. The molecule has 0 rings (SSSR count). The summed E-state index contributed by atoms with van der Waals surface area (Å²) in [5, 5.41) is 0. The van der Waals surface area contributed by atoms with Gasteiger partial charge in [-0.25, -0.2) is 0 Å². The zero-order valence-electron chi connectivity index (χ0n) is 7.42. The second-order valence-electron chi connectivity index (χ2n) is 2.61. The van der Waals surface area contributed by atoms with E-state index in [1.54, 1.807) is 6.92 Å². The zero-order valence-corrected chi connectivity index (χ0v) is 7.42. The maximum absolute atomic E-state index is 10.5. The third kappa shape index (κ3) is 4.56. The molecule has 0 fully saturated rings. The van der Waals surface area contributed by atoms with Gasteiger partial charge in [-0.15, -0.1) is 0 Å². The lowest BCUT2D eigenvalue weighted by Crippen LogP contribution is -2.19. The molecule has 0 aromatic rings. The molecule has 0 unspecified atom stereocenters. The first-order chi connectivity index (χ1) is 5.07. The van der Waals surface area contributed by atoms with Gasteiger partial charge in [0.1, 0.15) is 0 Å². The summed E-state index contributed by atoms with van der Waals surface area (Å²) in [5.74, 6) is -0.338. The molecule has 0 aliphatic rings. The predicted molar refractivity (Wildman–Crippen MR) is 46.1 cm³/mol. The van der Waals surface area contributed by atoms with Crippen molar-refractivity contribution in [2.45, 2.75) is 13.8 Å². The quantitative estimate of drug-likeness (QED) is 0.598. The summed E-state index contributed by atoms with van der Waals surface area (Å²) in [6, 6.07) is 0. The van der Waals surface area contributed by atoms with Crippen LogP contribution >= 0.6 is 0 Å². The van der Waals surface area contributed by atoms with Gasteiger partial charge in [0.15, 0.2) is 0 Å². The topological polar surface area (TPSA) is 46.3 Å². The van der Waals surface area contributed by atoms with Gasteiger partial charge < -0.3 is 10.6 Å². The fourth-order valence-corrected chi connectivity index (χ4v) is 0.522. The highest BCUT2D eigenvalue weighted by atomic mass is 16.1. The Balaban J connectivity index is 3.82. The molecule has 3 nitrogen and oxygen atoms in total. The van der Waals surface area contributed by atoms with Crippen molar-refractivity contribution in [3.8, 4) is 0 Å². The minimum Gasteiger partial charge on any atom is -0.366 e. The Morgan fingerprint density at radius 2 is 2.18 bits per heavy atom. The Hall–Kier alpha value is -0.830. The van der Waals surface area contributed by atoms with Crippen LogP contribution in [-0.4, -0.2) is 30.9 Å². The average Bonchev–Trinajstić information content (AvgIpc) is 1.99. The number of likely N-dealkylation sites (N-methyl/N-ethyl adjacent to an activating group) is 1. The van der Waals surface area contributed by atoms with Crippen molar-refractivity contribution < 1.29 is 4.79 Å². The van der Waals surface area contributed by atoms with Crippen LogP contribution < -0.4 is 5.73 Å². The van der Waals surface area contributed by atoms with E-state index in [1.165, 1.54) is 0 Å². The summed E-state index contributed by atoms with van der Waals surface area (Å²) in [6.07, 6.45) is 1.84. The number of hydrogen-bond acceptors (Lipinski definition) is 2. The maximum atomic E-state index is 10.5. The summed E-state index contributed by atoms with van der Waals surface area (Å²) >= 11 is 0. The third-order valence-corrected chi connectivity index (χ3v) is 1.64. The molecule has 0 aliphatic carbocycles. The van der Waals surface area contributed by atoms with Gasteiger partial charge in [-0.2, -0.15) is 0 Å². The molecule has 64 valence electrons. The molecule has 0 spiro atoms. The molecule has 0 aromatic carbocycles. The van der Waals surface area contributed by atoms with E-state index in [-0.39, 0.29) is 5.91 Å². The first kappa shape index (κ1) is 10.2. The number of nitrogens with zero attached hydrogens (tertiary/aromatic N) is 1. The smallest absolute Gasteiger partial charge is 0.244 e. The van der Waals surface area contributed by atoms with Gasteiger partial charge in [-0.05, 0) is 20.5 Å². The molecular weight excluding hydrogens is 140 g/mol. The number of primary amides is 1. The standard InChI is InChI=1S/C8H16N2O/c1-4-10(3)6-5-7(2)8(9)11/h5H,4,6H2,1-3H3,(H2,9,11)/b7-5+. The second kappa shape index (κ2) is 4.91. The lowest BCUT2D eigenvalue weighted by molar-refractivity contribution is -0.114. The van der Waals surface area contributed by atoms with Gasteiger partial charge in [0, 0.05) is 12.1 Å². The molecule has 3 heteroatoms. The van der Waals surface area contributed by atoms with E-state index >= 15 is 0 Å². The van der Waals surface area contributed by atoms with Gasteiger partial charge in [-0.3, -0.25) is 4.79 Å². The van der Waals surface area contributed by atoms with E-state index < -0.39 is 0 Å². The van der Waals surface area contributed by atoms with Gasteiger partial charge in [0.2, 0.25) is 5.91 Å². The van der Waals surface area contributed by atoms with Crippen molar-refractivity contribution in [1.82, 2.24) is 4.90 Å². The summed E-state index contributed by atoms with van der Waals surface area (Å²) in [6.45, 7) is 5.55. The van der Waals surface area contributed by atoms with Crippen LogP contribution in [0.2, 0.25) is 0 Å². The average molecular weight is 156 g/mol. The SMILES string of the molecule is CCN(C)C/C=C(\C)C(N)=O. The Labute approximate surface area is 67.9 Å². The molecule has 11 heavy (non-hydrogen) atoms. The van der Waals surface area contributed by atoms with Crippen molar-refractivity contribution in [3.05, 3.63) is 11.6 Å². The van der Waals surface area contributed by atoms with Crippen LogP contribution in [-0.2, 0) is 4.79 Å². The highest BCUT2D eigenvalue weighted by Crippen LogP contribution is 1.91. The molecule has 1 amide bonds. The summed E-state index contributed by atoms with van der Waals surface area (Å²) < 4.78 is 0. The predicted octanol–water partition coefficient (Wildman–Crippen LogP) is 0.370. The monoisotopic (exact) mass is 156 g/mol. The second-order valence-corrected chi connectivity index (χ2v) is 2.61. The molecule has 0 bridgehead atoms. The molecule has 2 N–H and O–H groups in total. The molecule has 0 saturated carbocycles. The van der Waals surface area contributed by atoms with Crippen molar-refractivity contribution in [2.24, 2.45) is 5.73 Å². The van der Waals surface area contributed by atoms with Gasteiger partial charge in [0.05, 0.1) is 0 Å². The van der Waals surface area contributed by atoms with Crippen LogP contribution in [0.1, 0.15) is 13.8 Å². The molecule has 0 radical (unpaired) electrons. The lowest BCUT2D eigenvalue weighted by Gasteiger charge is -2.10. The normalized spacial score (nSPS) is 12.2. The summed E-state index contributed by atoms with van der Waals surface area (Å²) in [5.41, 5.74) is 5.67. The number of rotatable bonds is 4. The van der Waals surface area contributed by atoms with Crippen molar-refractivity contribution >= 4 is 5.91 Å². The van der Waals surface area contributed by atoms with Crippen molar-refractivity contribution in [2.75, 3.05) is 20.1 Å². The number of amides is 1. The van der Waals surface area contributed by atoms with Crippen LogP contribution in [0.15, 0.2) is 11.6 Å². The van der Waals surface area contributed by atoms with Crippen molar-refractivity contribution in [1.29, 1.82) is 0 Å². The molecule has 0 aliphatic heterocycles. The minimum atomic E-state index is -0.338. The van der Waals surface area contributed by atoms with E-state index in [1.807, 2.05) is 13.1 Å². The fourth-order valence-electron chi connectivity index (χ4n) is 0.522. The Morgan fingerprint density at radius 1 is 1.64 bits per heavy atom. The van der Waals surface area contributed by atoms with Crippen molar-refractivity contribution in [3.63, 3.8) is 0 Å². The number of carbonyl (C=O) groups excluding carboxylic acids is 1. The van der Waals surface area contributed by atoms with E-state index in [0.717, 1.165) is 13.1 Å². The van der Waals surface area contributed by atoms with Crippen LogP contribution in [0.5, 0.6) is 0 Å². The minimum absolute atomic E-state index is 0.338. The first-order valence-electron chi connectivity index (χ1n) is 3.73. The molecule has 0 heterocycles. The fraction of sp³-hybridized carbons (Fsp3) is 0.625. The van der Waals surface area contributed by atoms with E-state index in [2.05, 4.69) is 11.8 Å². The Morgan fingerprint density at radius 3 is 2.55 bits per heavy atom. The van der Waals surface area contributed by atoms with Crippen LogP contribution in [0.25, 0.3) is 0 Å². The van der Waals surface area contributed by atoms with E-state index in [4.69, 9.17) is 5.73 Å². The molecule has 0 aromatic heterocycles. The van der Waals surface area contributed by atoms with Gasteiger partial charge in [-0.1, -0.05) is 13.0 Å². The summed E-state index contributed by atoms with van der Waals surface area (Å²) in [4.78, 5) is 12.6. The number of hydrogen-bond donors (Lipinski definition) is 1. The van der Waals surface area contributed by atoms with Crippen LogP contribution in [0.3, 0.4) is 0 Å². The molecule has 0 atom stereocenters. The molecular formula is C8H16N2O. The molecule has 0 saturated heterocycles. The van der Waals surface area contributed by atoms with Gasteiger partial charge in [0.25, 0.3) is 0 Å². The Kier molecular flexibility index (Phi) is 4.54. The zero-order chi connectivity index (χ0) is 8.85. The first-order valence-corrected chi connectivity index (χ1v) is 3.73. The highest BCUT2D eigenvalue weighted by molar-refractivity contribution is 5.91.